The van der Waals surface area contributed by atoms with Crippen molar-refractivity contribution in [1.82, 2.24) is 9.24 Å². The van der Waals surface area contributed by atoms with E-state index >= 15 is 0 Å². The zero-order chi connectivity index (χ0) is 18.5. The maximum absolute atomic E-state index is 14.7. The van der Waals surface area contributed by atoms with E-state index in [1.54, 1.807) is 13.0 Å². The van der Waals surface area contributed by atoms with E-state index in [9.17, 15) is 14.0 Å². The number of hydrogen-bond donors (Lipinski definition) is 2. The Hall–Kier alpha value is -2.35. The summed E-state index contributed by atoms with van der Waals surface area (Å²) in [5, 5.41) is 0.0973. The van der Waals surface area contributed by atoms with Crippen LogP contribution in [-0.2, 0) is 6.54 Å². The second-order valence-corrected chi connectivity index (χ2v) is 7.28. The summed E-state index contributed by atoms with van der Waals surface area (Å²) in [6.45, 7) is 7.36. The van der Waals surface area contributed by atoms with Gasteiger partial charge in [-0.15, -0.1) is 0 Å². The van der Waals surface area contributed by atoms with Gasteiger partial charge in [0.15, 0.2) is 0 Å². The number of nitrogens with zero attached hydrogens (tertiary/aromatic N) is 3. The van der Waals surface area contributed by atoms with Crippen molar-refractivity contribution in [1.29, 1.82) is 0 Å². The molecule has 0 aliphatic carbocycles. The number of nitrogen functional groups attached to an aromatic ring is 1. The van der Waals surface area contributed by atoms with E-state index in [4.69, 9.17) is 11.6 Å². The van der Waals surface area contributed by atoms with E-state index in [0.29, 0.717) is 35.5 Å². The number of aromatic nitrogens is 2. The summed E-state index contributed by atoms with van der Waals surface area (Å²) in [7, 11) is 0. The molecule has 0 radical (unpaired) electrons. The Morgan fingerprint density at radius 1 is 1.32 bits per heavy atom. The summed E-state index contributed by atoms with van der Waals surface area (Å²) in [5.74, 6) is 5.27. The van der Waals surface area contributed by atoms with Gasteiger partial charge < -0.3 is 16.5 Å². The molecule has 2 aromatic rings. The van der Waals surface area contributed by atoms with Gasteiger partial charge in [-0.1, -0.05) is 0 Å². The predicted molar refractivity (Wildman–Crippen MR) is 96.8 cm³/mol. The number of nitrogens with two attached hydrogens (primary N) is 2. The second-order valence-electron chi connectivity index (χ2n) is 7.28. The van der Waals surface area contributed by atoms with Crippen LogP contribution < -0.4 is 27.7 Å². The van der Waals surface area contributed by atoms with Crippen LogP contribution in [0, 0.1) is 11.7 Å². The van der Waals surface area contributed by atoms with Crippen LogP contribution >= 0.6 is 0 Å². The third kappa shape index (κ3) is 2.80. The first kappa shape index (κ1) is 17.5. The SMILES string of the molecule is CCn1c(=O)n(N)c(=O)c2cc(F)c(N3CCC(C(C)(C)N)C3)cc21. The molecular formula is C17H24FN5O2. The number of halogens is 1. The van der Waals surface area contributed by atoms with Gasteiger partial charge in [0, 0.05) is 25.2 Å². The van der Waals surface area contributed by atoms with Crippen LogP contribution in [0.2, 0.25) is 0 Å². The predicted octanol–water partition coefficient (Wildman–Crippen LogP) is 0.600. The number of aryl methyl sites for hydroxylation is 1. The molecule has 3 rings (SSSR count). The van der Waals surface area contributed by atoms with Gasteiger partial charge in [-0.3, -0.25) is 9.36 Å². The first-order chi connectivity index (χ1) is 11.6. The van der Waals surface area contributed by atoms with Crippen LogP contribution in [0.4, 0.5) is 10.1 Å². The summed E-state index contributed by atoms with van der Waals surface area (Å²) in [5.41, 5.74) is 5.31. The van der Waals surface area contributed by atoms with Gasteiger partial charge in [0.2, 0.25) is 0 Å². The largest absolute Gasteiger partial charge is 0.369 e. The average Bonchev–Trinajstić information content (AvgIpc) is 3.03. The van der Waals surface area contributed by atoms with Crippen molar-refractivity contribution >= 4 is 16.6 Å². The lowest BCUT2D eigenvalue weighted by atomic mass is 9.88. The van der Waals surface area contributed by atoms with Gasteiger partial charge in [-0.05, 0) is 45.2 Å². The molecule has 7 nitrogen and oxygen atoms in total. The number of rotatable bonds is 3. The van der Waals surface area contributed by atoms with E-state index in [1.807, 2.05) is 18.7 Å². The fraction of sp³-hybridized carbons (Fsp3) is 0.529. The first-order valence-electron chi connectivity index (χ1n) is 8.43. The van der Waals surface area contributed by atoms with Gasteiger partial charge in [0.25, 0.3) is 5.56 Å². The highest BCUT2D eigenvalue weighted by Crippen LogP contribution is 2.32. The highest BCUT2D eigenvalue weighted by molar-refractivity contribution is 5.82. The zero-order valence-electron chi connectivity index (χ0n) is 14.8. The van der Waals surface area contributed by atoms with Crippen LogP contribution in [0.1, 0.15) is 27.2 Å². The Kier molecular flexibility index (Phi) is 4.10. The van der Waals surface area contributed by atoms with Crippen molar-refractivity contribution < 1.29 is 4.39 Å². The molecule has 0 amide bonds. The average molecular weight is 349 g/mol. The van der Waals surface area contributed by atoms with Gasteiger partial charge in [0.1, 0.15) is 5.82 Å². The lowest BCUT2D eigenvalue weighted by Crippen LogP contribution is -2.44. The fourth-order valence-corrected chi connectivity index (χ4v) is 3.53. The fourth-order valence-electron chi connectivity index (χ4n) is 3.53. The van der Waals surface area contributed by atoms with Gasteiger partial charge in [-0.25, -0.2) is 9.18 Å². The van der Waals surface area contributed by atoms with Gasteiger partial charge in [0.05, 0.1) is 16.6 Å². The van der Waals surface area contributed by atoms with Crippen LogP contribution in [0.3, 0.4) is 0 Å². The molecule has 25 heavy (non-hydrogen) atoms. The highest BCUT2D eigenvalue weighted by Gasteiger charge is 2.33. The van der Waals surface area contributed by atoms with E-state index in [0.717, 1.165) is 6.42 Å². The van der Waals surface area contributed by atoms with Crippen LogP contribution in [0.25, 0.3) is 10.9 Å². The minimum Gasteiger partial charge on any atom is -0.369 e. The molecule has 0 spiro atoms. The molecule has 1 unspecified atom stereocenters. The highest BCUT2D eigenvalue weighted by atomic mass is 19.1. The van der Waals surface area contributed by atoms with Crippen LogP contribution in [0.15, 0.2) is 21.7 Å². The molecule has 1 saturated heterocycles. The van der Waals surface area contributed by atoms with Crippen molar-refractivity contribution in [3.8, 4) is 0 Å². The molecule has 0 saturated carbocycles. The number of benzene rings is 1. The number of anilines is 1. The topological polar surface area (TPSA) is 99.3 Å². The van der Waals surface area contributed by atoms with Crippen LogP contribution in [-0.4, -0.2) is 27.9 Å². The van der Waals surface area contributed by atoms with Crippen molar-refractivity contribution in [2.24, 2.45) is 11.7 Å². The third-order valence-electron chi connectivity index (χ3n) is 5.14. The Morgan fingerprint density at radius 2 is 2.00 bits per heavy atom. The summed E-state index contributed by atoms with van der Waals surface area (Å²) in [4.78, 5) is 26.3. The molecule has 8 heteroatoms. The molecule has 1 aliphatic heterocycles. The normalized spacial score (nSPS) is 18.3. The molecule has 1 aliphatic rings. The van der Waals surface area contributed by atoms with Crippen molar-refractivity contribution in [2.45, 2.75) is 39.3 Å². The quantitative estimate of drug-likeness (QED) is 0.791. The minimum absolute atomic E-state index is 0.0973. The Balaban J connectivity index is 2.16. The lowest BCUT2D eigenvalue weighted by Gasteiger charge is -2.27. The van der Waals surface area contributed by atoms with Crippen LogP contribution in [0.5, 0.6) is 0 Å². The molecular weight excluding hydrogens is 325 g/mol. The molecule has 1 fully saturated rings. The van der Waals surface area contributed by atoms with Crippen molar-refractivity contribution in [3.63, 3.8) is 0 Å². The smallest absolute Gasteiger partial charge is 0.350 e. The first-order valence-corrected chi connectivity index (χ1v) is 8.43. The summed E-state index contributed by atoms with van der Waals surface area (Å²) in [6, 6.07) is 2.74. The van der Waals surface area contributed by atoms with Gasteiger partial charge >= 0.3 is 5.69 Å². The van der Waals surface area contributed by atoms with Crippen molar-refractivity contribution in [2.75, 3.05) is 23.8 Å². The minimum atomic E-state index is -0.697. The lowest BCUT2D eigenvalue weighted by molar-refractivity contribution is 0.348. The Morgan fingerprint density at radius 3 is 2.56 bits per heavy atom. The molecule has 4 N–H and O–H groups in total. The zero-order valence-corrected chi connectivity index (χ0v) is 14.8. The Bertz CT molecular complexity index is 941. The molecule has 0 bridgehead atoms. The monoisotopic (exact) mass is 349 g/mol. The van der Waals surface area contributed by atoms with E-state index in [2.05, 4.69) is 0 Å². The maximum atomic E-state index is 14.7. The summed E-state index contributed by atoms with van der Waals surface area (Å²) >= 11 is 0. The summed E-state index contributed by atoms with van der Waals surface area (Å²) in [6.07, 6.45) is 0.867. The third-order valence-corrected chi connectivity index (χ3v) is 5.14. The molecule has 1 atom stereocenters. The Labute approximate surface area is 144 Å². The molecule has 1 aromatic heterocycles. The molecule has 2 heterocycles. The van der Waals surface area contributed by atoms with Gasteiger partial charge in [-0.2, -0.15) is 4.68 Å². The number of hydrogen-bond acceptors (Lipinski definition) is 5. The molecule has 136 valence electrons. The van der Waals surface area contributed by atoms with E-state index < -0.39 is 17.1 Å². The maximum Gasteiger partial charge on any atom is 0.350 e. The van der Waals surface area contributed by atoms with Crippen molar-refractivity contribution in [3.05, 3.63) is 38.8 Å². The molecule has 1 aromatic carbocycles. The van der Waals surface area contributed by atoms with E-state index in [-0.39, 0.29) is 16.8 Å². The summed E-state index contributed by atoms with van der Waals surface area (Å²) < 4.78 is 16.6. The number of fused-ring (bicyclic) bond motifs is 1. The van der Waals surface area contributed by atoms with E-state index in [1.165, 1.54) is 10.6 Å². The standard InChI is InChI=1S/C17H24FN5O2/c1-4-22-13-8-14(21-6-5-10(9-21)17(2,3)19)12(18)7-11(13)15(24)23(20)16(22)25/h7-8,10H,4-6,9,19-20H2,1-3H3. The second kappa shape index (κ2) is 5.87.